The highest BCUT2D eigenvalue weighted by Gasteiger charge is 2.30. The molecule has 0 spiro atoms. The van der Waals surface area contributed by atoms with Crippen LogP contribution in [0.1, 0.15) is 27.0 Å². The molecular weight excluding hydrogens is 477 g/mol. The van der Waals surface area contributed by atoms with Crippen molar-refractivity contribution in [2.75, 3.05) is 10.6 Å². The molecule has 174 valence electrons. The average Bonchev–Trinajstić information content (AvgIpc) is 2.76. The summed E-state index contributed by atoms with van der Waals surface area (Å²) in [6.07, 6.45) is -3.38. The lowest BCUT2D eigenvalue weighted by atomic mass is 10.1. The Kier molecular flexibility index (Phi) is 7.34. The van der Waals surface area contributed by atoms with Crippen molar-refractivity contribution < 1.29 is 26.4 Å². The first-order chi connectivity index (χ1) is 15.4. The van der Waals surface area contributed by atoms with Crippen LogP contribution >= 0.6 is 11.6 Å². The molecule has 0 saturated carbocycles. The van der Waals surface area contributed by atoms with Gasteiger partial charge in [-0.2, -0.15) is 13.2 Å². The lowest BCUT2D eigenvalue weighted by Crippen LogP contribution is -2.29. The van der Waals surface area contributed by atoms with E-state index in [-0.39, 0.29) is 18.7 Å². The Morgan fingerprint density at radius 2 is 1.61 bits per heavy atom. The summed E-state index contributed by atoms with van der Waals surface area (Å²) in [6.45, 7) is -0.00632. The quantitative estimate of drug-likeness (QED) is 0.485. The van der Waals surface area contributed by atoms with Crippen molar-refractivity contribution in [3.63, 3.8) is 0 Å². The highest BCUT2D eigenvalue weighted by atomic mass is 35.5. The maximum Gasteiger partial charge on any atom is 0.416 e. The highest BCUT2D eigenvalue weighted by Crippen LogP contribution is 2.29. The fraction of sp³-hybridized carbons (Fsp3) is 0.174. The molecule has 5 nitrogen and oxygen atoms in total. The lowest BCUT2D eigenvalue weighted by Gasteiger charge is -2.23. The molecule has 10 heteroatoms. The first-order valence-corrected chi connectivity index (χ1v) is 11.9. The van der Waals surface area contributed by atoms with Gasteiger partial charge in [-0.25, -0.2) is 8.42 Å². The molecule has 3 aromatic rings. The minimum atomic E-state index is -4.46. The minimum absolute atomic E-state index is 0.0804. The van der Waals surface area contributed by atoms with E-state index in [0.29, 0.717) is 16.3 Å². The molecule has 0 aromatic heterocycles. The number of anilines is 1. The summed E-state index contributed by atoms with van der Waals surface area (Å²) in [5, 5.41) is 3.10. The van der Waals surface area contributed by atoms with E-state index < -0.39 is 27.7 Å². The molecule has 0 heterocycles. The van der Waals surface area contributed by atoms with Crippen LogP contribution in [0.15, 0.2) is 72.8 Å². The van der Waals surface area contributed by atoms with Crippen LogP contribution in [-0.4, -0.2) is 20.6 Å². The number of benzene rings is 3. The van der Waals surface area contributed by atoms with Gasteiger partial charge in [0.25, 0.3) is 5.91 Å². The van der Waals surface area contributed by atoms with E-state index in [1.165, 1.54) is 40.7 Å². The molecule has 0 atom stereocenters. The predicted octanol–water partition coefficient (Wildman–Crippen LogP) is 5.26. The van der Waals surface area contributed by atoms with Crippen molar-refractivity contribution in [3.8, 4) is 0 Å². The monoisotopic (exact) mass is 496 g/mol. The van der Waals surface area contributed by atoms with E-state index in [2.05, 4.69) is 5.32 Å². The van der Waals surface area contributed by atoms with Crippen LogP contribution in [0.25, 0.3) is 0 Å². The number of nitrogens with one attached hydrogen (secondary N) is 1. The van der Waals surface area contributed by atoms with E-state index in [1.807, 2.05) is 0 Å². The van der Waals surface area contributed by atoms with Crippen LogP contribution in [0.5, 0.6) is 0 Å². The largest absolute Gasteiger partial charge is 0.416 e. The van der Waals surface area contributed by atoms with E-state index in [9.17, 15) is 26.4 Å². The zero-order chi connectivity index (χ0) is 24.2. The van der Waals surface area contributed by atoms with Crippen molar-refractivity contribution in [1.29, 1.82) is 0 Å². The SMILES string of the molecule is CS(=O)(=O)N(Cc1ccc(Cl)cc1)c1ccc(C(=O)NCc2cccc(C(F)(F)F)c2)cc1. The van der Waals surface area contributed by atoms with Crippen molar-refractivity contribution in [2.45, 2.75) is 19.3 Å². The fourth-order valence-corrected chi connectivity index (χ4v) is 4.09. The third kappa shape index (κ3) is 6.72. The third-order valence-corrected chi connectivity index (χ3v) is 6.16. The van der Waals surface area contributed by atoms with Crippen LogP contribution in [0.3, 0.4) is 0 Å². The molecule has 0 fully saturated rings. The van der Waals surface area contributed by atoms with Gasteiger partial charge in [0.1, 0.15) is 0 Å². The maximum atomic E-state index is 12.8. The molecule has 3 aromatic carbocycles. The summed E-state index contributed by atoms with van der Waals surface area (Å²) in [6, 6.07) is 17.4. The lowest BCUT2D eigenvalue weighted by molar-refractivity contribution is -0.137. The molecule has 0 radical (unpaired) electrons. The molecule has 3 rings (SSSR count). The van der Waals surface area contributed by atoms with Crippen LogP contribution in [0.2, 0.25) is 5.02 Å². The van der Waals surface area contributed by atoms with Crippen LogP contribution < -0.4 is 9.62 Å². The van der Waals surface area contributed by atoms with Crippen molar-refractivity contribution in [1.82, 2.24) is 5.32 Å². The van der Waals surface area contributed by atoms with E-state index in [1.54, 1.807) is 24.3 Å². The second-order valence-corrected chi connectivity index (χ2v) is 9.67. The third-order valence-electron chi connectivity index (χ3n) is 4.76. The molecule has 0 aliphatic heterocycles. The number of alkyl halides is 3. The van der Waals surface area contributed by atoms with Gasteiger partial charge in [-0.15, -0.1) is 0 Å². The summed E-state index contributed by atoms with van der Waals surface area (Å²) in [7, 11) is -3.61. The Labute approximate surface area is 194 Å². The summed E-state index contributed by atoms with van der Waals surface area (Å²) < 4.78 is 64.3. The molecule has 1 N–H and O–H groups in total. The van der Waals surface area contributed by atoms with Crippen molar-refractivity contribution in [3.05, 3.63) is 100 Å². The van der Waals surface area contributed by atoms with Gasteiger partial charge < -0.3 is 5.32 Å². The number of nitrogens with zero attached hydrogens (tertiary/aromatic N) is 1. The van der Waals surface area contributed by atoms with Gasteiger partial charge in [0.05, 0.1) is 24.1 Å². The molecule has 0 unspecified atom stereocenters. The van der Waals surface area contributed by atoms with Gasteiger partial charge in [-0.3, -0.25) is 9.10 Å². The molecule has 0 saturated heterocycles. The van der Waals surface area contributed by atoms with E-state index in [0.717, 1.165) is 24.0 Å². The first-order valence-electron chi connectivity index (χ1n) is 9.70. The van der Waals surface area contributed by atoms with Crippen molar-refractivity contribution in [2.24, 2.45) is 0 Å². The highest BCUT2D eigenvalue weighted by molar-refractivity contribution is 7.92. The molecule has 0 aliphatic carbocycles. The second kappa shape index (κ2) is 9.84. The summed E-state index contributed by atoms with van der Waals surface area (Å²) in [4.78, 5) is 12.4. The zero-order valence-corrected chi connectivity index (χ0v) is 19.0. The smallest absolute Gasteiger partial charge is 0.348 e. The van der Waals surface area contributed by atoms with Gasteiger partial charge in [0.15, 0.2) is 0 Å². The number of hydrogen-bond donors (Lipinski definition) is 1. The first kappa shape index (κ1) is 24.6. The molecule has 0 bridgehead atoms. The number of hydrogen-bond acceptors (Lipinski definition) is 3. The van der Waals surface area contributed by atoms with Gasteiger partial charge in [-0.1, -0.05) is 35.9 Å². The number of halogens is 4. The number of rotatable bonds is 7. The van der Waals surface area contributed by atoms with E-state index >= 15 is 0 Å². The van der Waals surface area contributed by atoms with E-state index in [4.69, 9.17) is 11.6 Å². The molecule has 0 aliphatic rings. The standard InChI is InChI=1S/C23H20ClF3N2O3S/c1-33(31,32)29(15-16-5-9-20(24)10-6-16)21-11-7-18(8-12-21)22(30)28-14-17-3-2-4-19(13-17)23(25,26)27/h2-13H,14-15H2,1H3,(H,28,30). The maximum absolute atomic E-state index is 12.8. The number of sulfonamides is 1. The second-order valence-electron chi connectivity index (χ2n) is 7.32. The summed E-state index contributed by atoms with van der Waals surface area (Å²) in [5.41, 5.74) is 0.849. The van der Waals surface area contributed by atoms with Gasteiger partial charge in [0, 0.05) is 17.1 Å². The molecule has 33 heavy (non-hydrogen) atoms. The van der Waals surface area contributed by atoms with Crippen LogP contribution in [0.4, 0.5) is 18.9 Å². The topological polar surface area (TPSA) is 66.5 Å². The minimum Gasteiger partial charge on any atom is -0.348 e. The van der Waals surface area contributed by atoms with Gasteiger partial charge in [-0.05, 0) is 59.7 Å². The number of carbonyl (C=O) groups excluding carboxylic acids is 1. The summed E-state index contributed by atoms with van der Waals surface area (Å²) in [5.74, 6) is -0.498. The molecular formula is C23H20ClF3N2O3S. The van der Waals surface area contributed by atoms with Crippen molar-refractivity contribution >= 4 is 33.2 Å². The number of carbonyl (C=O) groups is 1. The average molecular weight is 497 g/mol. The zero-order valence-electron chi connectivity index (χ0n) is 17.4. The fourth-order valence-electron chi connectivity index (χ4n) is 3.08. The van der Waals surface area contributed by atoms with Crippen LogP contribution in [-0.2, 0) is 29.3 Å². The predicted molar refractivity (Wildman–Crippen MR) is 122 cm³/mol. The van der Waals surface area contributed by atoms with Gasteiger partial charge in [0.2, 0.25) is 10.0 Å². The van der Waals surface area contributed by atoms with Gasteiger partial charge >= 0.3 is 6.18 Å². The Morgan fingerprint density at radius 1 is 0.970 bits per heavy atom. The summed E-state index contributed by atoms with van der Waals surface area (Å²) >= 11 is 5.87. The number of amides is 1. The normalized spacial score (nSPS) is 11.8. The molecule has 1 amide bonds. The Morgan fingerprint density at radius 3 is 2.18 bits per heavy atom. The Bertz CT molecular complexity index is 1230. The Hall–Kier alpha value is -3.04. The Balaban J connectivity index is 1.71. The van der Waals surface area contributed by atoms with Crippen LogP contribution in [0, 0.1) is 0 Å².